The minimum absolute atomic E-state index is 0.230. The molecule has 0 unspecified atom stereocenters. The minimum atomic E-state index is 0.230. The predicted octanol–water partition coefficient (Wildman–Crippen LogP) is 3.91. The van der Waals surface area contributed by atoms with Crippen molar-refractivity contribution in [3.8, 4) is 0 Å². The maximum atomic E-state index is 13.0. The molecule has 0 radical (unpaired) electrons. The topological polar surface area (TPSA) is 46.3 Å². The molecule has 1 aliphatic heterocycles. The molecule has 1 heterocycles. The Morgan fingerprint density at radius 1 is 1.05 bits per heavy atom. The van der Waals surface area contributed by atoms with Crippen LogP contribution < -0.4 is 10.6 Å². The lowest BCUT2D eigenvalue weighted by molar-refractivity contribution is -0.123. The van der Waals surface area contributed by atoms with E-state index in [0.29, 0.717) is 5.91 Å². The molecule has 3 heteroatoms. The Hall–Kier alpha value is -1.51. The number of amides is 1. The fourth-order valence-electron chi connectivity index (χ4n) is 3.77. The second-order valence-corrected chi connectivity index (χ2v) is 6.52. The number of hydrogen-bond donors (Lipinski definition) is 1. The zero-order chi connectivity index (χ0) is 14.7. The number of carbonyl (C=O) groups excluding carboxylic acids is 1. The lowest BCUT2D eigenvalue weighted by atomic mass is 9.89. The zero-order valence-corrected chi connectivity index (χ0v) is 12.8. The molecule has 1 saturated carbocycles. The second-order valence-electron chi connectivity index (χ2n) is 6.52. The first-order valence-electron chi connectivity index (χ1n) is 8.45. The molecule has 1 aromatic carbocycles. The van der Waals surface area contributed by atoms with E-state index in [1.807, 2.05) is 23.1 Å². The lowest BCUT2D eigenvalue weighted by Gasteiger charge is -2.33. The van der Waals surface area contributed by atoms with Crippen LogP contribution >= 0.6 is 0 Å². The van der Waals surface area contributed by atoms with E-state index in [0.717, 1.165) is 43.6 Å². The van der Waals surface area contributed by atoms with Gasteiger partial charge in [-0.25, -0.2) is 0 Å². The van der Waals surface area contributed by atoms with Crippen molar-refractivity contribution in [2.24, 2.45) is 5.92 Å². The summed E-state index contributed by atoms with van der Waals surface area (Å²) < 4.78 is 0. The van der Waals surface area contributed by atoms with Gasteiger partial charge >= 0.3 is 0 Å². The molecular formula is C18H26N2O. The standard InChI is InChI=1S/C18H26N2O/c19-16-10-11-17-15(13-16)9-6-12-20(17)18(21)14-7-4-2-1-3-5-8-14/h10-11,13-14H,1-9,12,19H2. The molecule has 0 saturated heterocycles. The molecule has 0 atom stereocenters. The summed E-state index contributed by atoms with van der Waals surface area (Å²) in [5.41, 5.74) is 9.02. The van der Waals surface area contributed by atoms with Crippen molar-refractivity contribution in [3.63, 3.8) is 0 Å². The molecule has 0 aromatic heterocycles. The molecule has 0 spiro atoms. The number of nitrogens with zero attached hydrogens (tertiary/aromatic N) is 1. The maximum absolute atomic E-state index is 13.0. The van der Waals surface area contributed by atoms with Crippen LogP contribution in [0.25, 0.3) is 0 Å². The van der Waals surface area contributed by atoms with Gasteiger partial charge in [-0.2, -0.15) is 0 Å². The number of benzene rings is 1. The number of rotatable bonds is 1. The number of aryl methyl sites for hydroxylation is 1. The second kappa shape index (κ2) is 6.50. The van der Waals surface area contributed by atoms with Crippen LogP contribution in [0.2, 0.25) is 0 Å². The van der Waals surface area contributed by atoms with Gasteiger partial charge in [0.2, 0.25) is 5.91 Å². The van der Waals surface area contributed by atoms with Gasteiger partial charge in [-0.15, -0.1) is 0 Å². The van der Waals surface area contributed by atoms with Gasteiger partial charge in [-0.1, -0.05) is 32.1 Å². The van der Waals surface area contributed by atoms with Crippen LogP contribution in [0.3, 0.4) is 0 Å². The van der Waals surface area contributed by atoms with Crippen molar-refractivity contribution >= 4 is 17.3 Å². The summed E-state index contributed by atoms with van der Waals surface area (Å²) in [4.78, 5) is 15.0. The third-order valence-corrected chi connectivity index (χ3v) is 4.94. The first-order chi connectivity index (χ1) is 10.3. The normalized spacial score (nSPS) is 20.5. The Balaban J connectivity index is 1.78. The van der Waals surface area contributed by atoms with Crippen LogP contribution in [0.15, 0.2) is 18.2 Å². The molecule has 114 valence electrons. The quantitative estimate of drug-likeness (QED) is 0.796. The average molecular weight is 286 g/mol. The number of anilines is 2. The predicted molar refractivity (Wildman–Crippen MR) is 87.3 cm³/mol. The molecule has 1 amide bonds. The molecule has 3 nitrogen and oxygen atoms in total. The summed E-state index contributed by atoms with van der Waals surface area (Å²) in [6.45, 7) is 0.867. The van der Waals surface area contributed by atoms with E-state index in [2.05, 4.69) is 0 Å². The molecule has 2 aliphatic rings. The van der Waals surface area contributed by atoms with Crippen molar-refractivity contribution in [3.05, 3.63) is 23.8 Å². The third kappa shape index (κ3) is 3.22. The highest BCUT2D eigenvalue weighted by atomic mass is 16.2. The highest BCUT2D eigenvalue weighted by molar-refractivity contribution is 5.96. The van der Waals surface area contributed by atoms with Crippen molar-refractivity contribution in [1.29, 1.82) is 0 Å². The first kappa shape index (κ1) is 14.4. The van der Waals surface area contributed by atoms with Gasteiger partial charge in [-0.05, 0) is 49.4 Å². The Labute approximate surface area is 127 Å². The van der Waals surface area contributed by atoms with Crippen LogP contribution in [0, 0.1) is 5.92 Å². The van der Waals surface area contributed by atoms with Gasteiger partial charge < -0.3 is 10.6 Å². The van der Waals surface area contributed by atoms with E-state index < -0.39 is 0 Å². The molecule has 0 bridgehead atoms. The average Bonchev–Trinajstić information content (AvgIpc) is 2.45. The van der Waals surface area contributed by atoms with Crippen molar-refractivity contribution in [2.45, 2.75) is 57.8 Å². The maximum Gasteiger partial charge on any atom is 0.230 e. The van der Waals surface area contributed by atoms with Gasteiger partial charge in [0, 0.05) is 23.8 Å². The Morgan fingerprint density at radius 2 is 1.76 bits per heavy atom. The van der Waals surface area contributed by atoms with Crippen molar-refractivity contribution in [2.75, 3.05) is 17.2 Å². The zero-order valence-electron chi connectivity index (χ0n) is 12.8. The summed E-state index contributed by atoms with van der Waals surface area (Å²) in [6.07, 6.45) is 10.6. The van der Waals surface area contributed by atoms with Crippen LogP contribution in [-0.2, 0) is 11.2 Å². The summed E-state index contributed by atoms with van der Waals surface area (Å²) in [5, 5.41) is 0. The van der Waals surface area contributed by atoms with Crippen LogP contribution in [0.4, 0.5) is 11.4 Å². The summed E-state index contributed by atoms with van der Waals surface area (Å²) in [7, 11) is 0. The summed E-state index contributed by atoms with van der Waals surface area (Å²) in [6, 6.07) is 5.99. The fourth-order valence-corrected chi connectivity index (χ4v) is 3.77. The number of nitrogen functional groups attached to an aromatic ring is 1. The molecule has 3 rings (SSSR count). The van der Waals surface area contributed by atoms with Gasteiger partial charge in [0.05, 0.1) is 0 Å². The molecule has 1 fully saturated rings. The Morgan fingerprint density at radius 3 is 2.52 bits per heavy atom. The molecular weight excluding hydrogens is 260 g/mol. The molecule has 2 N–H and O–H groups in total. The van der Waals surface area contributed by atoms with Crippen LogP contribution in [0.1, 0.15) is 56.9 Å². The number of carbonyl (C=O) groups is 1. The van der Waals surface area contributed by atoms with E-state index in [-0.39, 0.29) is 5.92 Å². The number of nitrogens with two attached hydrogens (primary N) is 1. The molecule has 1 aromatic rings. The third-order valence-electron chi connectivity index (χ3n) is 4.94. The van der Waals surface area contributed by atoms with Gasteiger partial charge in [0.15, 0.2) is 0 Å². The van der Waals surface area contributed by atoms with Gasteiger partial charge in [0.1, 0.15) is 0 Å². The van der Waals surface area contributed by atoms with E-state index in [4.69, 9.17) is 5.73 Å². The van der Waals surface area contributed by atoms with Crippen molar-refractivity contribution in [1.82, 2.24) is 0 Å². The summed E-state index contributed by atoms with van der Waals surface area (Å²) in [5.74, 6) is 0.580. The molecule has 1 aliphatic carbocycles. The van der Waals surface area contributed by atoms with Crippen molar-refractivity contribution < 1.29 is 4.79 Å². The number of fused-ring (bicyclic) bond motifs is 1. The summed E-state index contributed by atoms with van der Waals surface area (Å²) >= 11 is 0. The largest absolute Gasteiger partial charge is 0.399 e. The van der Waals surface area contributed by atoms with E-state index >= 15 is 0 Å². The SMILES string of the molecule is Nc1ccc2c(c1)CCCN2C(=O)C1CCCCCCC1. The van der Waals surface area contributed by atoms with Gasteiger partial charge in [-0.3, -0.25) is 4.79 Å². The first-order valence-corrected chi connectivity index (χ1v) is 8.45. The van der Waals surface area contributed by atoms with Crippen LogP contribution in [0.5, 0.6) is 0 Å². The van der Waals surface area contributed by atoms with E-state index in [1.54, 1.807) is 0 Å². The minimum Gasteiger partial charge on any atom is -0.399 e. The number of hydrogen-bond acceptors (Lipinski definition) is 2. The van der Waals surface area contributed by atoms with E-state index in [1.165, 1.54) is 37.7 Å². The van der Waals surface area contributed by atoms with E-state index in [9.17, 15) is 4.79 Å². The fraction of sp³-hybridized carbons (Fsp3) is 0.611. The van der Waals surface area contributed by atoms with Gasteiger partial charge in [0.25, 0.3) is 0 Å². The molecule has 21 heavy (non-hydrogen) atoms. The Kier molecular flexibility index (Phi) is 4.47. The smallest absolute Gasteiger partial charge is 0.230 e. The Bertz CT molecular complexity index is 504. The highest BCUT2D eigenvalue weighted by Crippen LogP contribution is 2.32. The van der Waals surface area contributed by atoms with Crippen LogP contribution in [-0.4, -0.2) is 12.5 Å². The monoisotopic (exact) mass is 286 g/mol. The highest BCUT2D eigenvalue weighted by Gasteiger charge is 2.28. The lowest BCUT2D eigenvalue weighted by Crippen LogP contribution is -2.40.